The average molecular weight is 267 g/mol. The van der Waals surface area contributed by atoms with Crippen molar-refractivity contribution in [3.63, 3.8) is 0 Å². The van der Waals surface area contributed by atoms with Crippen LogP contribution in [0.5, 0.6) is 11.5 Å². The summed E-state index contributed by atoms with van der Waals surface area (Å²) >= 11 is 0. The largest absolute Gasteiger partial charge is 0.490 e. The summed E-state index contributed by atoms with van der Waals surface area (Å²) in [6.07, 6.45) is 1.76. The van der Waals surface area contributed by atoms with E-state index in [1.807, 2.05) is 25.1 Å². The monoisotopic (exact) mass is 267 g/mol. The maximum Gasteiger partial charge on any atom is 0.161 e. The lowest BCUT2D eigenvalue weighted by Gasteiger charge is -2.13. The van der Waals surface area contributed by atoms with Crippen molar-refractivity contribution in [3.8, 4) is 11.5 Å². The Balaban J connectivity index is 2.64. The molecule has 0 aliphatic rings. The van der Waals surface area contributed by atoms with Gasteiger partial charge in [0.25, 0.3) is 0 Å². The minimum atomic E-state index is 0.142. The number of rotatable bonds is 10. The molecule has 0 fully saturated rings. The molecule has 0 saturated heterocycles. The number of hydrogen-bond acceptors (Lipinski definition) is 4. The smallest absolute Gasteiger partial charge is 0.161 e. The van der Waals surface area contributed by atoms with E-state index in [0.29, 0.717) is 19.6 Å². The molecule has 0 aliphatic carbocycles. The predicted molar refractivity (Wildman–Crippen MR) is 76.8 cm³/mol. The van der Waals surface area contributed by atoms with Crippen LogP contribution in [-0.2, 0) is 6.54 Å². The van der Waals surface area contributed by atoms with Gasteiger partial charge in [-0.3, -0.25) is 0 Å². The molecule has 0 aliphatic heterocycles. The molecule has 1 rings (SSSR count). The molecular weight excluding hydrogens is 242 g/mol. The number of ether oxygens (including phenoxy) is 2. The highest BCUT2D eigenvalue weighted by molar-refractivity contribution is 5.43. The van der Waals surface area contributed by atoms with E-state index < -0.39 is 0 Å². The summed E-state index contributed by atoms with van der Waals surface area (Å²) in [6.45, 7) is 7.22. The van der Waals surface area contributed by atoms with Crippen LogP contribution in [0.1, 0.15) is 32.3 Å². The number of aliphatic hydroxyl groups is 1. The predicted octanol–water partition coefficient (Wildman–Crippen LogP) is 2.35. The summed E-state index contributed by atoms with van der Waals surface area (Å²) in [6, 6.07) is 5.99. The van der Waals surface area contributed by atoms with Crippen molar-refractivity contribution < 1.29 is 14.6 Å². The summed E-state index contributed by atoms with van der Waals surface area (Å²) in [5, 5.41) is 12.1. The van der Waals surface area contributed by atoms with Gasteiger partial charge in [-0.25, -0.2) is 0 Å². The van der Waals surface area contributed by atoms with Crippen LogP contribution in [0.2, 0.25) is 0 Å². The Morgan fingerprint density at radius 3 is 2.68 bits per heavy atom. The molecule has 2 N–H and O–H groups in total. The van der Waals surface area contributed by atoms with Gasteiger partial charge in [0, 0.05) is 19.6 Å². The average Bonchev–Trinajstić information content (AvgIpc) is 2.42. The Kier molecular flexibility index (Phi) is 8.02. The van der Waals surface area contributed by atoms with Gasteiger partial charge in [-0.2, -0.15) is 0 Å². The van der Waals surface area contributed by atoms with E-state index >= 15 is 0 Å². The Morgan fingerprint density at radius 1 is 1.16 bits per heavy atom. The minimum absolute atomic E-state index is 0.142. The fourth-order valence-corrected chi connectivity index (χ4v) is 1.71. The van der Waals surface area contributed by atoms with E-state index in [9.17, 15) is 0 Å². The van der Waals surface area contributed by atoms with Gasteiger partial charge >= 0.3 is 0 Å². The fraction of sp³-hybridized carbons (Fsp3) is 0.600. The van der Waals surface area contributed by atoms with Crippen molar-refractivity contribution in [2.24, 2.45) is 0 Å². The summed E-state index contributed by atoms with van der Waals surface area (Å²) in [4.78, 5) is 0. The minimum Gasteiger partial charge on any atom is -0.490 e. The molecule has 1 aromatic rings. The van der Waals surface area contributed by atoms with Crippen LogP contribution in [0.15, 0.2) is 18.2 Å². The molecule has 0 saturated carbocycles. The zero-order valence-corrected chi connectivity index (χ0v) is 11.9. The molecule has 0 radical (unpaired) electrons. The van der Waals surface area contributed by atoms with E-state index in [1.54, 1.807) is 0 Å². The number of aliphatic hydroxyl groups excluding tert-OH is 1. The van der Waals surface area contributed by atoms with Gasteiger partial charge in [0.15, 0.2) is 11.5 Å². The Morgan fingerprint density at radius 2 is 2.00 bits per heavy atom. The van der Waals surface area contributed by atoms with E-state index in [1.165, 1.54) is 5.56 Å². The van der Waals surface area contributed by atoms with Crippen molar-refractivity contribution in [3.05, 3.63) is 23.8 Å². The van der Waals surface area contributed by atoms with Crippen molar-refractivity contribution in [2.75, 3.05) is 26.4 Å². The highest BCUT2D eigenvalue weighted by Gasteiger charge is 2.06. The van der Waals surface area contributed by atoms with E-state index in [2.05, 4.69) is 12.2 Å². The molecule has 0 bridgehead atoms. The zero-order valence-electron chi connectivity index (χ0n) is 11.9. The summed E-state index contributed by atoms with van der Waals surface area (Å²) in [7, 11) is 0. The maximum absolute atomic E-state index is 8.76. The molecule has 4 nitrogen and oxygen atoms in total. The first-order valence-corrected chi connectivity index (χ1v) is 7.01. The van der Waals surface area contributed by atoms with Gasteiger partial charge in [0.1, 0.15) is 0 Å². The molecular formula is C15H25NO3. The molecule has 1 aromatic carbocycles. The van der Waals surface area contributed by atoms with Crippen LogP contribution >= 0.6 is 0 Å². The van der Waals surface area contributed by atoms with Crippen molar-refractivity contribution in [2.45, 2.75) is 33.2 Å². The zero-order chi connectivity index (χ0) is 13.9. The topological polar surface area (TPSA) is 50.7 Å². The van der Waals surface area contributed by atoms with Crippen molar-refractivity contribution in [1.29, 1.82) is 0 Å². The number of nitrogens with one attached hydrogen (secondary N) is 1. The highest BCUT2D eigenvalue weighted by atomic mass is 16.5. The van der Waals surface area contributed by atoms with Gasteiger partial charge in [0.05, 0.1) is 13.2 Å². The fourth-order valence-electron chi connectivity index (χ4n) is 1.71. The Bertz CT molecular complexity index is 355. The normalized spacial score (nSPS) is 10.5. The van der Waals surface area contributed by atoms with Crippen molar-refractivity contribution in [1.82, 2.24) is 5.32 Å². The second kappa shape index (κ2) is 9.64. The second-order valence-corrected chi connectivity index (χ2v) is 4.32. The lowest BCUT2D eigenvalue weighted by atomic mass is 10.2. The third-order valence-corrected chi connectivity index (χ3v) is 2.62. The van der Waals surface area contributed by atoms with Crippen molar-refractivity contribution >= 4 is 0 Å². The van der Waals surface area contributed by atoms with Gasteiger partial charge in [-0.05, 0) is 37.6 Å². The molecule has 108 valence electrons. The van der Waals surface area contributed by atoms with Crippen LogP contribution in [0, 0.1) is 0 Å². The molecule has 0 unspecified atom stereocenters. The van der Waals surface area contributed by atoms with Gasteiger partial charge in [-0.1, -0.05) is 13.0 Å². The number of benzene rings is 1. The Hall–Kier alpha value is -1.26. The maximum atomic E-state index is 8.76. The van der Waals surface area contributed by atoms with E-state index in [-0.39, 0.29) is 6.61 Å². The first-order chi connectivity index (χ1) is 9.31. The van der Waals surface area contributed by atoms with Crippen LogP contribution in [0.3, 0.4) is 0 Å². The van der Waals surface area contributed by atoms with Gasteiger partial charge in [-0.15, -0.1) is 0 Å². The van der Waals surface area contributed by atoms with Crippen LogP contribution in [0.25, 0.3) is 0 Å². The van der Waals surface area contributed by atoms with Crippen LogP contribution in [0.4, 0.5) is 0 Å². The van der Waals surface area contributed by atoms with Gasteiger partial charge < -0.3 is 19.9 Å². The lowest BCUT2D eigenvalue weighted by Crippen LogP contribution is -2.14. The third kappa shape index (κ3) is 5.94. The van der Waals surface area contributed by atoms with Crippen LogP contribution in [-0.4, -0.2) is 31.5 Å². The second-order valence-electron chi connectivity index (χ2n) is 4.32. The first-order valence-electron chi connectivity index (χ1n) is 7.01. The third-order valence-electron chi connectivity index (χ3n) is 2.62. The molecule has 0 heterocycles. The van der Waals surface area contributed by atoms with E-state index in [4.69, 9.17) is 14.6 Å². The quantitative estimate of drug-likeness (QED) is 0.639. The summed E-state index contributed by atoms with van der Waals surface area (Å²) in [5.41, 5.74) is 1.19. The molecule has 0 atom stereocenters. The standard InChI is InChI=1S/C15H25NO3/c1-3-8-16-12-13-6-7-14(19-10-5-9-17)15(11-13)18-4-2/h6-7,11,16-17H,3-5,8-10,12H2,1-2H3. The molecule has 4 heteroatoms. The molecule has 0 aromatic heterocycles. The Labute approximate surface area is 115 Å². The van der Waals surface area contributed by atoms with Gasteiger partial charge in [0.2, 0.25) is 0 Å². The number of hydrogen-bond donors (Lipinski definition) is 2. The SMILES string of the molecule is CCCNCc1ccc(OCCCO)c(OCC)c1. The summed E-state index contributed by atoms with van der Waals surface area (Å²) in [5.74, 6) is 1.52. The van der Waals surface area contributed by atoms with E-state index in [0.717, 1.165) is 31.0 Å². The lowest BCUT2D eigenvalue weighted by molar-refractivity contribution is 0.225. The summed E-state index contributed by atoms with van der Waals surface area (Å²) < 4.78 is 11.2. The van der Waals surface area contributed by atoms with Crippen LogP contribution < -0.4 is 14.8 Å². The first kappa shape index (κ1) is 15.8. The molecule has 0 spiro atoms. The molecule has 19 heavy (non-hydrogen) atoms. The molecule has 0 amide bonds. The highest BCUT2D eigenvalue weighted by Crippen LogP contribution is 2.28.